The first-order chi connectivity index (χ1) is 14.8. The Morgan fingerprint density at radius 3 is 2.13 bits per heavy atom. The molecular weight excluding hydrogens is 398 g/mol. The van der Waals surface area contributed by atoms with Gasteiger partial charge in [0.25, 0.3) is 5.91 Å². The molecule has 1 atom stereocenters. The normalized spacial score (nSPS) is 13.6. The van der Waals surface area contributed by atoms with Gasteiger partial charge in [-0.15, -0.1) is 10.2 Å². The molecule has 4 aromatic rings. The molecule has 1 aliphatic heterocycles. The average Bonchev–Trinajstić information content (AvgIpc) is 3.27. The van der Waals surface area contributed by atoms with E-state index in [0.29, 0.717) is 5.01 Å². The van der Waals surface area contributed by atoms with Crippen LogP contribution in [0.3, 0.4) is 0 Å². The zero-order chi connectivity index (χ0) is 20.5. The van der Waals surface area contributed by atoms with Gasteiger partial charge in [-0.25, -0.2) is 5.48 Å². The molecule has 2 N–H and O–H groups in total. The van der Waals surface area contributed by atoms with Crippen LogP contribution in [-0.2, 0) is 4.79 Å². The Bertz CT molecular complexity index is 1160. The first-order valence-electron chi connectivity index (χ1n) is 9.44. The molecule has 1 aromatic heterocycles. The zero-order valence-corrected chi connectivity index (χ0v) is 16.5. The van der Waals surface area contributed by atoms with E-state index in [9.17, 15) is 10.0 Å². The van der Waals surface area contributed by atoms with E-state index in [1.54, 1.807) is 5.48 Å². The summed E-state index contributed by atoms with van der Waals surface area (Å²) in [5, 5.41) is 19.4. The number of para-hydroxylation sites is 2. The van der Waals surface area contributed by atoms with Gasteiger partial charge in [0.05, 0.1) is 5.92 Å². The number of ether oxygens (including phenoxy) is 1. The third-order valence-electron chi connectivity index (χ3n) is 5.14. The van der Waals surface area contributed by atoms with Crippen LogP contribution in [0.4, 0.5) is 0 Å². The van der Waals surface area contributed by atoms with Crippen molar-refractivity contribution in [3.8, 4) is 11.5 Å². The van der Waals surface area contributed by atoms with Gasteiger partial charge in [0.15, 0.2) is 0 Å². The second kappa shape index (κ2) is 7.70. The molecule has 6 nitrogen and oxygen atoms in total. The van der Waals surface area contributed by atoms with Crippen molar-refractivity contribution in [3.63, 3.8) is 0 Å². The van der Waals surface area contributed by atoms with Crippen molar-refractivity contribution < 1.29 is 14.7 Å². The number of carbonyl (C=O) groups is 1. The highest BCUT2D eigenvalue weighted by molar-refractivity contribution is 7.11. The van der Waals surface area contributed by atoms with Gasteiger partial charge in [-0.05, 0) is 17.7 Å². The van der Waals surface area contributed by atoms with Crippen molar-refractivity contribution in [2.24, 2.45) is 0 Å². The minimum Gasteiger partial charge on any atom is -0.457 e. The minimum atomic E-state index is -0.743. The maximum atomic E-state index is 12.5. The third-order valence-corrected chi connectivity index (χ3v) is 6.19. The number of hydrogen-bond donors (Lipinski definition) is 2. The van der Waals surface area contributed by atoms with Gasteiger partial charge in [0.1, 0.15) is 27.4 Å². The molecule has 1 unspecified atom stereocenters. The number of hydrogen-bond acceptors (Lipinski definition) is 6. The smallest absolute Gasteiger partial charge is 0.257 e. The van der Waals surface area contributed by atoms with Gasteiger partial charge in [-0.3, -0.25) is 10.0 Å². The lowest BCUT2D eigenvalue weighted by atomic mass is 9.88. The number of nitrogens with zero attached hydrogens (tertiary/aromatic N) is 2. The summed E-state index contributed by atoms with van der Waals surface area (Å²) in [5.74, 6) is 0.131. The molecule has 0 aliphatic carbocycles. The Labute approximate surface area is 176 Å². The Morgan fingerprint density at radius 2 is 1.50 bits per heavy atom. The Morgan fingerprint density at radius 1 is 0.900 bits per heavy atom. The number of nitrogens with one attached hydrogen (secondary N) is 1. The minimum absolute atomic E-state index is 0.147. The number of fused-ring (bicyclic) bond motifs is 2. The van der Waals surface area contributed by atoms with Gasteiger partial charge in [-0.1, -0.05) is 78.1 Å². The van der Waals surface area contributed by atoms with Gasteiger partial charge in [0, 0.05) is 11.1 Å². The summed E-state index contributed by atoms with van der Waals surface area (Å²) in [7, 11) is 0. The van der Waals surface area contributed by atoms with Crippen molar-refractivity contribution in [2.75, 3.05) is 0 Å². The molecule has 1 amide bonds. The molecule has 148 valence electrons. The van der Waals surface area contributed by atoms with Crippen molar-refractivity contribution in [1.82, 2.24) is 15.7 Å². The van der Waals surface area contributed by atoms with Crippen LogP contribution in [0.1, 0.15) is 38.5 Å². The standard InChI is InChI=1S/C23H17N3O3S/c27-21(26-28)19(14-8-2-1-3-9-14)22-24-25-23(30-22)20-15-10-4-6-12-17(15)29-18-13-7-5-11-16(18)20/h1-13,19-20,28H,(H,26,27). The Kier molecular flexibility index (Phi) is 4.74. The lowest BCUT2D eigenvalue weighted by Gasteiger charge is -2.26. The van der Waals surface area contributed by atoms with Crippen molar-refractivity contribution in [2.45, 2.75) is 11.8 Å². The molecule has 1 aliphatic rings. The molecule has 0 bridgehead atoms. The molecule has 0 spiro atoms. The Hall–Kier alpha value is -3.55. The summed E-state index contributed by atoms with van der Waals surface area (Å²) in [6.07, 6.45) is 0. The lowest BCUT2D eigenvalue weighted by Crippen LogP contribution is -2.27. The first-order valence-corrected chi connectivity index (χ1v) is 10.3. The maximum absolute atomic E-state index is 12.5. The van der Waals surface area contributed by atoms with Crippen LogP contribution in [0.5, 0.6) is 11.5 Å². The zero-order valence-electron chi connectivity index (χ0n) is 15.7. The molecule has 0 fully saturated rings. The topological polar surface area (TPSA) is 84.3 Å². The number of aromatic nitrogens is 2. The number of rotatable bonds is 4. The highest BCUT2D eigenvalue weighted by atomic mass is 32.1. The first kappa shape index (κ1) is 18.5. The fraction of sp³-hybridized carbons (Fsp3) is 0.0870. The maximum Gasteiger partial charge on any atom is 0.257 e. The quantitative estimate of drug-likeness (QED) is 0.334. The Balaban J connectivity index is 1.61. The highest BCUT2D eigenvalue weighted by Crippen LogP contribution is 2.48. The molecular formula is C23H17N3O3S. The second-order valence-corrected chi connectivity index (χ2v) is 7.95. The van der Waals surface area contributed by atoms with Crippen molar-refractivity contribution >= 4 is 17.2 Å². The van der Waals surface area contributed by atoms with E-state index < -0.39 is 11.8 Å². The predicted molar refractivity (Wildman–Crippen MR) is 112 cm³/mol. The number of hydroxylamine groups is 1. The molecule has 0 radical (unpaired) electrons. The van der Waals surface area contributed by atoms with Crippen molar-refractivity contribution in [1.29, 1.82) is 0 Å². The van der Waals surface area contributed by atoms with E-state index in [2.05, 4.69) is 10.2 Å². The molecule has 2 heterocycles. The van der Waals surface area contributed by atoms with Crippen LogP contribution in [0.15, 0.2) is 78.9 Å². The van der Waals surface area contributed by atoms with E-state index in [1.807, 2.05) is 78.9 Å². The number of carbonyl (C=O) groups excluding carboxylic acids is 1. The summed E-state index contributed by atoms with van der Waals surface area (Å²) in [6.45, 7) is 0. The molecule has 30 heavy (non-hydrogen) atoms. The summed E-state index contributed by atoms with van der Waals surface area (Å²) >= 11 is 1.36. The fourth-order valence-corrected chi connectivity index (χ4v) is 4.88. The van der Waals surface area contributed by atoms with Crippen LogP contribution in [0, 0.1) is 0 Å². The molecule has 0 saturated heterocycles. The monoisotopic (exact) mass is 415 g/mol. The van der Waals surface area contributed by atoms with Gasteiger partial charge in [-0.2, -0.15) is 0 Å². The van der Waals surface area contributed by atoms with Crippen LogP contribution < -0.4 is 10.2 Å². The second-order valence-electron chi connectivity index (χ2n) is 6.91. The predicted octanol–water partition coefficient (Wildman–Crippen LogP) is 4.46. The number of amides is 1. The highest BCUT2D eigenvalue weighted by Gasteiger charge is 2.33. The van der Waals surface area contributed by atoms with Crippen LogP contribution in [-0.4, -0.2) is 21.3 Å². The largest absolute Gasteiger partial charge is 0.457 e. The van der Waals surface area contributed by atoms with Crippen molar-refractivity contribution in [3.05, 3.63) is 106 Å². The number of benzene rings is 3. The summed E-state index contributed by atoms with van der Waals surface area (Å²) in [5.41, 5.74) is 4.50. The molecule has 7 heteroatoms. The van der Waals surface area contributed by atoms with Gasteiger partial charge in [0.2, 0.25) is 0 Å². The van der Waals surface area contributed by atoms with Crippen LogP contribution in [0.25, 0.3) is 0 Å². The molecule has 5 rings (SSSR count). The van der Waals surface area contributed by atoms with E-state index in [-0.39, 0.29) is 5.92 Å². The summed E-state index contributed by atoms with van der Waals surface area (Å²) < 4.78 is 6.07. The lowest BCUT2D eigenvalue weighted by molar-refractivity contribution is -0.129. The van der Waals surface area contributed by atoms with Crippen LogP contribution >= 0.6 is 11.3 Å². The van der Waals surface area contributed by atoms with Gasteiger partial charge >= 0.3 is 0 Å². The van der Waals surface area contributed by atoms with E-state index in [1.165, 1.54) is 11.3 Å². The SMILES string of the molecule is O=C(NO)C(c1ccccc1)c1nnc(C2c3ccccc3Oc3ccccc32)s1. The van der Waals surface area contributed by atoms with E-state index in [0.717, 1.165) is 33.2 Å². The summed E-state index contributed by atoms with van der Waals surface area (Å²) in [4.78, 5) is 12.5. The summed E-state index contributed by atoms with van der Waals surface area (Å²) in [6, 6.07) is 25.0. The molecule has 3 aromatic carbocycles. The van der Waals surface area contributed by atoms with E-state index >= 15 is 0 Å². The molecule has 0 saturated carbocycles. The van der Waals surface area contributed by atoms with E-state index in [4.69, 9.17) is 4.74 Å². The average molecular weight is 415 g/mol. The van der Waals surface area contributed by atoms with Crippen LogP contribution in [0.2, 0.25) is 0 Å². The fourth-order valence-electron chi connectivity index (χ4n) is 3.77. The third kappa shape index (κ3) is 3.14. The van der Waals surface area contributed by atoms with Gasteiger partial charge < -0.3 is 4.74 Å².